The van der Waals surface area contributed by atoms with Crippen molar-refractivity contribution in [3.63, 3.8) is 0 Å². The van der Waals surface area contributed by atoms with E-state index in [2.05, 4.69) is 5.10 Å². The van der Waals surface area contributed by atoms with Crippen molar-refractivity contribution in [3.05, 3.63) is 35.8 Å². The number of aryl methyl sites for hydroxylation is 1. The van der Waals surface area contributed by atoms with E-state index in [1.54, 1.807) is 30.9 Å². The van der Waals surface area contributed by atoms with Gasteiger partial charge in [-0.05, 0) is 42.9 Å². The third kappa shape index (κ3) is 4.10. The summed E-state index contributed by atoms with van der Waals surface area (Å²) >= 11 is 0. The van der Waals surface area contributed by atoms with Gasteiger partial charge in [0.1, 0.15) is 11.5 Å². The number of aromatic nitrogens is 4. The molecule has 10 heteroatoms. The van der Waals surface area contributed by atoms with Crippen LogP contribution in [0.2, 0.25) is 0 Å². The summed E-state index contributed by atoms with van der Waals surface area (Å²) < 4.78 is 48.3. The quantitative estimate of drug-likeness (QED) is 0.527. The summed E-state index contributed by atoms with van der Waals surface area (Å²) in [6.07, 6.45) is 3.62. The average molecular weight is 475 g/mol. The van der Waals surface area contributed by atoms with Crippen LogP contribution in [0.15, 0.2) is 24.4 Å². The van der Waals surface area contributed by atoms with Crippen LogP contribution in [0.5, 0.6) is 0 Å². The van der Waals surface area contributed by atoms with Crippen molar-refractivity contribution in [2.75, 3.05) is 24.7 Å². The molecule has 0 aliphatic carbocycles. The van der Waals surface area contributed by atoms with Gasteiger partial charge in [0.25, 0.3) is 0 Å². The molecule has 33 heavy (non-hydrogen) atoms. The maximum atomic E-state index is 15.3. The van der Waals surface area contributed by atoms with Crippen LogP contribution in [0.1, 0.15) is 49.0 Å². The summed E-state index contributed by atoms with van der Waals surface area (Å²) in [6.45, 7) is 3.03. The van der Waals surface area contributed by atoms with Crippen molar-refractivity contribution >= 4 is 26.5 Å². The van der Waals surface area contributed by atoms with Crippen molar-refractivity contribution in [1.82, 2.24) is 19.6 Å². The second-order valence-corrected chi connectivity index (χ2v) is 11.8. The van der Waals surface area contributed by atoms with Gasteiger partial charge in [0, 0.05) is 38.3 Å². The Morgan fingerprint density at radius 2 is 2.06 bits per heavy atom. The zero-order valence-corrected chi connectivity index (χ0v) is 19.6. The van der Waals surface area contributed by atoms with E-state index >= 15 is 4.39 Å². The van der Waals surface area contributed by atoms with Gasteiger partial charge < -0.3 is 4.74 Å². The number of nitrogens with zero attached hydrogens (tertiary/aromatic N) is 4. The largest absolute Gasteiger partial charge is 0.381 e. The molecule has 0 bridgehead atoms. The topological polar surface area (TPSA) is 96.1 Å². The molecule has 1 aromatic carbocycles. The Hall–Kier alpha value is -2.59. The Balaban J connectivity index is 1.59. The molecule has 8 nitrogen and oxygen atoms in total. The fraction of sp³-hybridized carbons (Fsp3) is 0.522. The van der Waals surface area contributed by atoms with Gasteiger partial charge in [-0.25, -0.2) is 12.8 Å². The van der Waals surface area contributed by atoms with Gasteiger partial charge in [-0.2, -0.15) is 10.2 Å². The standard InChI is InChI=1S/C23H27FN4O4S/c1-23(6-10-33(30,31)14-23)13-21(29)16-12-20-17(11-18(16)24)22(19-3-7-25-27(19)2)26-28(20)15-4-8-32-9-5-15/h3,7,11-12,15H,4-6,8-10,13-14H2,1-2H3/t23-/m1/s1. The molecule has 0 amide bonds. The number of rotatable bonds is 5. The molecule has 0 saturated carbocycles. The lowest BCUT2D eigenvalue weighted by Gasteiger charge is -2.23. The molecule has 2 saturated heterocycles. The molecule has 3 aromatic rings. The SMILES string of the molecule is Cn1nccc1-c1nn(C2CCOCC2)c2cc(C(=O)C[C@@]3(C)CCS(=O)(=O)C3)c(F)cc12. The monoisotopic (exact) mass is 474 g/mol. The lowest BCUT2D eigenvalue weighted by Crippen LogP contribution is -2.23. The molecule has 1 atom stereocenters. The molecule has 176 valence electrons. The van der Waals surface area contributed by atoms with Gasteiger partial charge in [-0.1, -0.05) is 6.92 Å². The van der Waals surface area contributed by atoms with Crippen LogP contribution in [0, 0.1) is 11.2 Å². The van der Waals surface area contributed by atoms with Gasteiger partial charge >= 0.3 is 0 Å². The van der Waals surface area contributed by atoms with Gasteiger partial charge in [-0.3, -0.25) is 14.2 Å². The number of carbonyl (C=O) groups is 1. The molecule has 2 aliphatic rings. The van der Waals surface area contributed by atoms with Gasteiger partial charge in [0.15, 0.2) is 15.6 Å². The van der Waals surface area contributed by atoms with E-state index in [0.717, 1.165) is 18.5 Å². The third-order valence-electron chi connectivity index (χ3n) is 6.87. The molecule has 2 aromatic heterocycles. The van der Waals surface area contributed by atoms with Crippen molar-refractivity contribution < 1.29 is 22.3 Å². The van der Waals surface area contributed by atoms with E-state index in [9.17, 15) is 13.2 Å². The molecular formula is C23H27FN4O4S. The van der Waals surface area contributed by atoms with Gasteiger partial charge in [0.05, 0.1) is 34.3 Å². The summed E-state index contributed by atoms with van der Waals surface area (Å²) in [5, 5.41) is 9.67. The highest BCUT2D eigenvalue weighted by Gasteiger charge is 2.40. The third-order valence-corrected chi connectivity index (χ3v) is 8.83. The Labute approximate surface area is 191 Å². The number of hydrogen-bond acceptors (Lipinski definition) is 6. The number of halogens is 1. The van der Waals surface area contributed by atoms with Crippen LogP contribution in [-0.4, -0.2) is 58.5 Å². The van der Waals surface area contributed by atoms with Crippen LogP contribution < -0.4 is 0 Å². The van der Waals surface area contributed by atoms with Gasteiger partial charge in [-0.15, -0.1) is 0 Å². The molecule has 2 aliphatic heterocycles. The van der Waals surface area contributed by atoms with Crippen molar-refractivity contribution in [2.45, 2.75) is 38.6 Å². The predicted octanol–water partition coefficient (Wildman–Crippen LogP) is 3.33. The van der Waals surface area contributed by atoms with Crippen molar-refractivity contribution in [2.24, 2.45) is 12.5 Å². The number of sulfone groups is 1. The molecule has 4 heterocycles. The van der Waals surface area contributed by atoms with E-state index < -0.39 is 21.1 Å². The fourth-order valence-corrected chi connectivity index (χ4v) is 7.33. The van der Waals surface area contributed by atoms with E-state index in [-0.39, 0.29) is 35.3 Å². The molecular weight excluding hydrogens is 447 g/mol. The minimum absolute atomic E-state index is 0.00531. The van der Waals surface area contributed by atoms with Crippen LogP contribution in [0.25, 0.3) is 22.3 Å². The van der Waals surface area contributed by atoms with Crippen molar-refractivity contribution in [1.29, 1.82) is 0 Å². The number of benzene rings is 1. The first-order valence-corrected chi connectivity index (χ1v) is 13.0. The Morgan fingerprint density at radius 3 is 2.70 bits per heavy atom. The lowest BCUT2D eigenvalue weighted by molar-refractivity contribution is 0.0675. The number of ether oxygens (including phenoxy) is 1. The molecule has 5 rings (SSSR count). The summed E-state index contributed by atoms with van der Waals surface area (Å²) in [7, 11) is -1.35. The van der Waals surface area contributed by atoms with Crippen LogP contribution >= 0.6 is 0 Å². The highest BCUT2D eigenvalue weighted by molar-refractivity contribution is 7.91. The second kappa shape index (κ2) is 8.02. The second-order valence-electron chi connectivity index (χ2n) is 9.58. The Morgan fingerprint density at radius 1 is 1.30 bits per heavy atom. The van der Waals surface area contributed by atoms with E-state index in [0.29, 0.717) is 36.2 Å². The number of hydrogen-bond donors (Lipinski definition) is 0. The van der Waals surface area contributed by atoms with Crippen LogP contribution in [-0.2, 0) is 21.6 Å². The summed E-state index contributed by atoms with van der Waals surface area (Å²) in [6, 6.07) is 4.87. The average Bonchev–Trinajstić information content (AvgIpc) is 3.42. The molecule has 2 fully saturated rings. The maximum Gasteiger partial charge on any atom is 0.166 e. The minimum atomic E-state index is -3.15. The molecule has 0 spiro atoms. The highest BCUT2D eigenvalue weighted by atomic mass is 32.2. The zero-order valence-electron chi connectivity index (χ0n) is 18.8. The lowest BCUT2D eigenvalue weighted by atomic mass is 9.83. The molecule has 0 radical (unpaired) electrons. The molecule has 0 N–H and O–H groups in total. The summed E-state index contributed by atoms with van der Waals surface area (Å²) in [5.41, 5.74) is 1.37. The zero-order chi connectivity index (χ0) is 23.4. The molecule has 0 unspecified atom stereocenters. The van der Waals surface area contributed by atoms with Crippen molar-refractivity contribution in [3.8, 4) is 11.4 Å². The summed E-state index contributed by atoms with van der Waals surface area (Å²) in [4.78, 5) is 13.2. The normalized spacial score (nSPS) is 23.4. The number of carbonyl (C=O) groups excluding carboxylic acids is 1. The van der Waals surface area contributed by atoms with Crippen LogP contribution in [0.4, 0.5) is 4.39 Å². The van der Waals surface area contributed by atoms with E-state index in [1.165, 1.54) is 6.07 Å². The highest BCUT2D eigenvalue weighted by Crippen LogP contribution is 2.38. The fourth-order valence-electron chi connectivity index (χ4n) is 5.07. The number of ketones is 1. The van der Waals surface area contributed by atoms with Crippen LogP contribution in [0.3, 0.4) is 0 Å². The predicted molar refractivity (Wildman–Crippen MR) is 121 cm³/mol. The number of Topliss-reactive ketones (excluding diaryl/α,β-unsaturated/α-hetero) is 1. The Bertz CT molecular complexity index is 1340. The number of fused-ring (bicyclic) bond motifs is 1. The first kappa shape index (κ1) is 22.2. The van der Waals surface area contributed by atoms with Gasteiger partial charge in [0.2, 0.25) is 0 Å². The Kier molecular flexibility index (Phi) is 5.40. The first-order valence-electron chi connectivity index (χ1n) is 11.2. The summed E-state index contributed by atoms with van der Waals surface area (Å²) in [5.74, 6) is -0.967. The minimum Gasteiger partial charge on any atom is -0.381 e. The van der Waals surface area contributed by atoms with E-state index in [1.807, 2.05) is 10.7 Å². The van der Waals surface area contributed by atoms with E-state index in [4.69, 9.17) is 9.84 Å². The first-order chi connectivity index (χ1) is 15.7. The smallest absolute Gasteiger partial charge is 0.166 e. The maximum absolute atomic E-state index is 15.3.